The third kappa shape index (κ3) is 2.51. The van der Waals surface area contributed by atoms with Crippen LogP contribution < -0.4 is 5.32 Å². The van der Waals surface area contributed by atoms with Crippen LogP contribution in [-0.4, -0.2) is 17.0 Å². The first-order chi connectivity index (χ1) is 10.1. The molecule has 0 unspecified atom stereocenters. The highest BCUT2D eigenvalue weighted by molar-refractivity contribution is 6.05. The number of rotatable bonds is 4. The van der Waals surface area contributed by atoms with Crippen molar-refractivity contribution >= 4 is 22.8 Å². The van der Waals surface area contributed by atoms with E-state index < -0.39 is 5.97 Å². The first-order valence-electron chi connectivity index (χ1n) is 6.21. The van der Waals surface area contributed by atoms with Crippen molar-refractivity contribution in [3.05, 3.63) is 59.7 Å². The van der Waals surface area contributed by atoms with Gasteiger partial charge in [0, 0.05) is 5.39 Å². The number of carbonyl (C=O) groups excluding carboxylic acids is 1. The molecule has 106 valence electrons. The Hall–Kier alpha value is -3.02. The number of hydrogen-bond donors (Lipinski definition) is 2. The van der Waals surface area contributed by atoms with Crippen molar-refractivity contribution in [3.63, 3.8) is 0 Å². The molecular weight excluding hydrogens is 274 g/mol. The van der Waals surface area contributed by atoms with Gasteiger partial charge in [0.1, 0.15) is 17.6 Å². The van der Waals surface area contributed by atoms with E-state index in [1.807, 2.05) is 12.1 Å². The zero-order chi connectivity index (χ0) is 14.8. The largest absolute Gasteiger partial charge is 0.475 e. The molecule has 2 heterocycles. The number of nitrogens with one attached hydrogen (secondary N) is 1. The average molecular weight is 285 g/mol. The number of carboxylic acids is 1. The number of carboxylic acid groups (broad SMARTS) is 1. The Bertz CT molecular complexity index is 814. The summed E-state index contributed by atoms with van der Waals surface area (Å²) in [4.78, 5) is 22.8. The smallest absolute Gasteiger partial charge is 0.371 e. The van der Waals surface area contributed by atoms with Crippen LogP contribution in [0.25, 0.3) is 11.0 Å². The van der Waals surface area contributed by atoms with Crippen LogP contribution >= 0.6 is 0 Å². The molecule has 0 saturated carbocycles. The molecule has 3 aromatic rings. The molecule has 6 heteroatoms. The van der Waals surface area contributed by atoms with Gasteiger partial charge >= 0.3 is 5.97 Å². The number of fused-ring (bicyclic) bond motifs is 1. The van der Waals surface area contributed by atoms with Gasteiger partial charge in [0.2, 0.25) is 5.76 Å². The van der Waals surface area contributed by atoms with E-state index >= 15 is 0 Å². The summed E-state index contributed by atoms with van der Waals surface area (Å²) in [7, 11) is 0. The summed E-state index contributed by atoms with van der Waals surface area (Å²) in [6, 6.07) is 10.1. The van der Waals surface area contributed by atoms with Gasteiger partial charge in [0.15, 0.2) is 0 Å². The molecule has 0 aliphatic carbocycles. The predicted molar refractivity (Wildman–Crippen MR) is 73.1 cm³/mol. The minimum atomic E-state index is -1.14. The molecule has 0 aliphatic heterocycles. The van der Waals surface area contributed by atoms with Gasteiger partial charge in [0.05, 0.1) is 12.1 Å². The first kappa shape index (κ1) is 13.0. The lowest BCUT2D eigenvalue weighted by Gasteiger charge is -2.01. The molecule has 2 aromatic heterocycles. The summed E-state index contributed by atoms with van der Waals surface area (Å²) in [5.74, 6) is -1.25. The summed E-state index contributed by atoms with van der Waals surface area (Å²) >= 11 is 0. The number of hydrogen-bond acceptors (Lipinski definition) is 4. The lowest BCUT2D eigenvalue weighted by atomic mass is 10.1. The van der Waals surface area contributed by atoms with Crippen LogP contribution in [0.5, 0.6) is 0 Å². The summed E-state index contributed by atoms with van der Waals surface area (Å²) in [5.41, 5.74) is 1.06. The van der Waals surface area contributed by atoms with Crippen molar-refractivity contribution in [2.24, 2.45) is 0 Å². The summed E-state index contributed by atoms with van der Waals surface area (Å²) < 4.78 is 10.4. The topological polar surface area (TPSA) is 92.7 Å². The molecule has 0 saturated heterocycles. The van der Waals surface area contributed by atoms with Crippen molar-refractivity contribution in [3.8, 4) is 0 Å². The van der Waals surface area contributed by atoms with Crippen LogP contribution in [0.1, 0.15) is 26.7 Å². The van der Waals surface area contributed by atoms with Crippen molar-refractivity contribution in [2.75, 3.05) is 0 Å². The molecule has 3 rings (SSSR count). The van der Waals surface area contributed by atoms with Crippen LogP contribution in [0.15, 0.2) is 51.5 Å². The Labute approximate surface area is 119 Å². The average Bonchev–Trinajstić information content (AvgIpc) is 3.11. The highest BCUT2D eigenvalue weighted by Gasteiger charge is 2.14. The van der Waals surface area contributed by atoms with Crippen LogP contribution in [0, 0.1) is 0 Å². The molecule has 0 spiro atoms. The van der Waals surface area contributed by atoms with Gasteiger partial charge in [-0.25, -0.2) is 4.79 Å². The van der Waals surface area contributed by atoms with E-state index in [2.05, 4.69) is 5.32 Å². The second kappa shape index (κ2) is 5.16. The minimum absolute atomic E-state index is 0.103. The Morgan fingerprint density at radius 1 is 1.14 bits per heavy atom. The van der Waals surface area contributed by atoms with Crippen molar-refractivity contribution in [1.29, 1.82) is 0 Å². The molecule has 0 fully saturated rings. The van der Waals surface area contributed by atoms with Gasteiger partial charge in [-0.3, -0.25) is 4.79 Å². The SMILES string of the molecule is O=C(O)c1ccc(CNC(=O)c2coc3ccccc23)o1. The summed E-state index contributed by atoms with van der Waals surface area (Å²) in [6.07, 6.45) is 1.39. The third-order valence-electron chi connectivity index (χ3n) is 3.02. The van der Waals surface area contributed by atoms with Crippen LogP contribution in [-0.2, 0) is 6.54 Å². The van der Waals surface area contributed by atoms with Gasteiger partial charge < -0.3 is 19.3 Å². The number of amides is 1. The normalized spacial score (nSPS) is 10.7. The molecule has 1 aromatic carbocycles. The maximum Gasteiger partial charge on any atom is 0.371 e. The van der Waals surface area contributed by atoms with Crippen molar-refractivity contribution < 1.29 is 23.5 Å². The monoisotopic (exact) mass is 285 g/mol. The number of carbonyl (C=O) groups is 2. The van der Waals surface area contributed by atoms with Gasteiger partial charge in [-0.05, 0) is 18.2 Å². The lowest BCUT2D eigenvalue weighted by Crippen LogP contribution is -2.22. The maximum absolute atomic E-state index is 12.1. The van der Waals surface area contributed by atoms with Crippen LogP contribution in [0.4, 0.5) is 0 Å². The lowest BCUT2D eigenvalue weighted by molar-refractivity contribution is 0.0660. The molecule has 21 heavy (non-hydrogen) atoms. The molecule has 1 amide bonds. The van der Waals surface area contributed by atoms with E-state index in [0.29, 0.717) is 16.9 Å². The van der Waals surface area contributed by atoms with Crippen molar-refractivity contribution in [2.45, 2.75) is 6.54 Å². The third-order valence-corrected chi connectivity index (χ3v) is 3.02. The van der Waals surface area contributed by atoms with E-state index in [1.54, 1.807) is 12.1 Å². The Morgan fingerprint density at radius 2 is 1.95 bits per heavy atom. The number of furan rings is 2. The Morgan fingerprint density at radius 3 is 2.71 bits per heavy atom. The fourth-order valence-corrected chi connectivity index (χ4v) is 2.00. The quantitative estimate of drug-likeness (QED) is 0.768. The Balaban J connectivity index is 1.72. The molecular formula is C15H11NO5. The standard InChI is InChI=1S/C15H11NO5/c17-14(11-8-20-12-4-2-1-3-10(11)12)16-7-9-5-6-13(21-9)15(18)19/h1-6,8H,7H2,(H,16,17)(H,18,19). The molecule has 0 aliphatic rings. The molecule has 0 atom stereocenters. The second-order valence-corrected chi connectivity index (χ2v) is 4.40. The zero-order valence-corrected chi connectivity index (χ0v) is 10.8. The van der Waals surface area contributed by atoms with Crippen molar-refractivity contribution in [1.82, 2.24) is 5.32 Å². The number of aromatic carboxylic acids is 1. The summed E-state index contributed by atoms with van der Waals surface area (Å²) in [5, 5.41) is 12.1. The zero-order valence-electron chi connectivity index (χ0n) is 10.8. The van der Waals surface area contributed by atoms with E-state index in [1.165, 1.54) is 18.4 Å². The van der Waals surface area contributed by atoms with Crippen LogP contribution in [0.2, 0.25) is 0 Å². The van der Waals surface area contributed by atoms with E-state index in [4.69, 9.17) is 13.9 Å². The minimum Gasteiger partial charge on any atom is -0.475 e. The predicted octanol–water partition coefficient (Wildman–Crippen LogP) is 2.65. The van der Waals surface area contributed by atoms with Gasteiger partial charge in [0.25, 0.3) is 5.91 Å². The summed E-state index contributed by atoms with van der Waals surface area (Å²) in [6.45, 7) is 0.103. The molecule has 0 radical (unpaired) electrons. The van der Waals surface area contributed by atoms with Gasteiger partial charge in [-0.2, -0.15) is 0 Å². The number of para-hydroxylation sites is 1. The molecule has 0 bridgehead atoms. The van der Waals surface area contributed by atoms with Gasteiger partial charge in [-0.15, -0.1) is 0 Å². The second-order valence-electron chi connectivity index (χ2n) is 4.40. The molecule has 6 nitrogen and oxygen atoms in total. The fourth-order valence-electron chi connectivity index (χ4n) is 2.00. The molecule has 2 N–H and O–H groups in total. The highest BCUT2D eigenvalue weighted by Crippen LogP contribution is 2.20. The van der Waals surface area contributed by atoms with E-state index in [9.17, 15) is 9.59 Å². The van der Waals surface area contributed by atoms with E-state index in [-0.39, 0.29) is 18.2 Å². The number of benzene rings is 1. The fraction of sp³-hybridized carbons (Fsp3) is 0.0667. The van der Waals surface area contributed by atoms with Crippen LogP contribution in [0.3, 0.4) is 0 Å². The Kier molecular flexibility index (Phi) is 3.19. The first-order valence-corrected chi connectivity index (χ1v) is 6.21. The van der Waals surface area contributed by atoms with E-state index in [0.717, 1.165) is 5.39 Å². The van der Waals surface area contributed by atoms with Gasteiger partial charge in [-0.1, -0.05) is 18.2 Å². The highest BCUT2D eigenvalue weighted by atomic mass is 16.4. The maximum atomic E-state index is 12.1.